The summed E-state index contributed by atoms with van der Waals surface area (Å²) in [6, 6.07) is -0.0969. The summed E-state index contributed by atoms with van der Waals surface area (Å²) in [7, 11) is -1.86. The van der Waals surface area contributed by atoms with Crippen molar-refractivity contribution in [2.45, 2.75) is 58.0 Å². The van der Waals surface area contributed by atoms with Gasteiger partial charge in [0.2, 0.25) is 0 Å². The summed E-state index contributed by atoms with van der Waals surface area (Å²) >= 11 is 0. The van der Waals surface area contributed by atoms with Crippen LogP contribution in [0.5, 0.6) is 0 Å². The second kappa shape index (κ2) is 5.81. The molecule has 1 heterocycles. The van der Waals surface area contributed by atoms with Gasteiger partial charge in [-0.25, -0.2) is 4.79 Å². The average molecular weight is 288 g/mol. The van der Waals surface area contributed by atoms with Crippen LogP contribution in [0.15, 0.2) is 0 Å². The molecule has 0 aromatic heterocycles. The van der Waals surface area contributed by atoms with Crippen LogP contribution in [-0.2, 0) is 4.43 Å². The molecule has 1 fully saturated rings. The van der Waals surface area contributed by atoms with E-state index >= 15 is 0 Å². The largest absolute Gasteiger partial charge is 0.465 e. The number of hydrogen-bond donors (Lipinski definition) is 2. The monoisotopic (exact) mass is 288 g/mol. The first-order valence-corrected chi connectivity index (χ1v) is 9.85. The van der Waals surface area contributed by atoms with Crippen molar-refractivity contribution in [3.8, 4) is 0 Å². The van der Waals surface area contributed by atoms with Crippen LogP contribution in [0.25, 0.3) is 0 Å². The third-order valence-electron chi connectivity index (χ3n) is 4.36. The lowest BCUT2D eigenvalue weighted by Gasteiger charge is -2.44. The molecule has 2 N–H and O–H groups in total. The van der Waals surface area contributed by atoms with Gasteiger partial charge in [-0.15, -0.1) is 0 Å². The summed E-state index contributed by atoms with van der Waals surface area (Å²) < 4.78 is 6.32. The fourth-order valence-corrected chi connectivity index (χ4v) is 3.54. The van der Waals surface area contributed by atoms with E-state index in [1.54, 1.807) is 0 Å². The Hall–Kier alpha value is -0.593. The zero-order chi connectivity index (χ0) is 14.8. The van der Waals surface area contributed by atoms with Gasteiger partial charge < -0.3 is 19.7 Å². The SMILES string of the molecule is CC(O[Si](C)(C)C(C)(C)C)[C@H]1CNCCN1C(=O)O. The van der Waals surface area contributed by atoms with Crippen LogP contribution in [0, 0.1) is 0 Å². The van der Waals surface area contributed by atoms with Crippen molar-refractivity contribution in [2.75, 3.05) is 19.6 Å². The van der Waals surface area contributed by atoms with Gasteiger partial charge in [-0.2, -0.15) is 0 Å². The lowest BCUT2D eigenvalue weighted by atomic mass is 10.1. The summed E-state index contributed by atoms with van der Waals surface area (Å²) in [6.45, 7) is 14.9. The Morgan fingerprint density at radius 3 is 2.53 bits per heavy atom. The number of piperazine rings is 1. The molecule has 2 atom stereocenters. The Kier molecular flexibility index (Phi) is 5.03. The molecule has 1 amide bonds. The molecule has 0 aliphatic carbocycles. The maximum absolute atomic E-state index is 11.3. The van der Waals surface area contributed by atoms with Crippen molar-refractivity contribution >= 4 is 14.4 Å². The highest BCUT2D eigenvalue weighted by Gasteiger charge is 2.41. The van der Waals surface area contributed by atoms with Crippen LogP contribution in [0.2, 0.25) is 18.1 Å². The molecule has 0 radical (unpaired) electrons. The van der Waals surface area contributed by atoms with E-state index in [-0.39, 0.29) is 17.2 Å². The van der Waals surface area contributed by atoms with E-state index in [1.807, 2.05) is 6.92 Å². The molecule has 0 saturated carbocycles. The van der Waals surface area contributed by atoms with Gasteiger partial charge in [0.15, 0.2) is 8.32 Å². The first-order chi connectivity index (χ1) is 8.56. The quantitative estimate of drug-likeness (QED) is 0.783. The number of rotatable bonds is 3. The number of hydrogen-bond acceptors (Lipinski definition) is 3. The minimum atomic E-state index is -1.86. The van der Waals surface area contributed by atoms with Crippen LogP contribution in [0.1, 0.15) is 27.7 Å². The molecule has 0 bridgehead atoms. The van der Waals surface area contributed by atoms with Gasteiger partial charge in [0.05, 0.1) is 12.1 Å². The van der Waals surface area contributed by atoms with Gasteiger partial charge in [0.25, 0.3) is 0 Å². The molecular formula is C13H28N2O3Si. The van der Waals surface area contributed by atoms with Crippen molar-refractivity contribution in [1.82, 2.24) is 10.2 Å². The molecule has 1 aliphatic rings. The van der Waals surface area contributed by atoms with Crippen molar-refractivity contribution in [3.05, 3.63) is 0 Å². The lowest BCUT2D eigenvalue weighted by molar-refractivity contribution is 0.0506. The first kappa shape index (κ1) is 16.5. The van der Waals surface area contributed by atoms with E-state index in [9.17, 15) is 9.90 Å². The number of carbonyl (C=O) groups is 1. The molecule has 112 valence electrons. The molecule has 1 unspecified atom stereocenters. The third-order valence-corrected chi connectivity index (χ3v) is 8.93. The van der Waals surface area contributed by atoms with Crippen LogP contribution < -0.4 is 5.32 Å². The highest BCUT2D eigenvalue weighted by molar-refractivity contribution is 6.74. The van der Waals surface area contributed by atoms with Gasteiger partial charge in [-0.05, 0) is 25.1 Å². The third kappa shape index (κ3) is 3.93. The molecule has 1 rings (SSSR count). The average Bonchev–Trinajstić information content (AvgIpc) is 2.26. The van der Waals surface area contributed by atoms with Crippen molar-refractivity contribution in [1.29, 1.82) is 0 Å². The summed E-state index contributed by atoms with van der Waals surface area (Å²) in [5.74, 6) is 0. The van der Waals surface area contributed by atoms with E-state index in [2.05, 4.69) is 39.2 Å². The molecular weight excluding hydrogens is 260 g/mol. The van der Waals surface area contributed by atoms with Crippen LogP contribution >= 0.6 is 0 Å². The van der Waals surface area contributed by atoms with E-state index in [4.69, 9.17) is 4.43 Å². The lowest BCUT2D eigenvalue weighted by Crippen LogP contribution is -2.60. The Morgan fingerprint density at radius 2 is 2.05 bits per heavy atom. The van der Waals surface area contributed by atoms with Crippen molar-refractivity contribution in [2.24, 2.45) is 0 Å². The number of carboxylic acid groups (broad SMARTS) is 1. The molecule has 6 heteroatoms. The van der Waals surface area contributed by atoms with Crippen LogP contribution in [-0.4, -0.2) is 56.2 Å². The normalized spacial score (nSPS) is 23.3. The van der Waals surface area contributed by atoms with Crippen LogP contribution in [0.4, 0.5) is 4.79 Å². The Labute approximate surface area is 117 Å². The molecule has 1 aliphatic heterocycles. The summed E-state index contributed by atoms with van der Waals surface area (Å²) in [6.07, 6.45) is -0.929. The second-order valence-electron chi connectivity index (χ2n) is 6.83. The van der Waals surface area contributed by atoms with Crippen LogP contribution in [0.3, 0.4) is 0 Å². The van der Waals surface area contributed by atoms with Gasteiger partial charge >= 0.3 is 6.09 Å². The van der Waals surface area contributed by atoms with Gasteiger partial charge in [-0.3, -0.25) is 0 Å². The Morgan fingerprint density at radius 1 is 1.47 bits per heavy atom. The van der Waals surface area contributed by atoms with Gasteiger partial charge in [0, 0.05) is 19.6 Å². The molecule has 0 aromatic carbocycles. The molecule has 0 spiro atoms. The molecule has 1 saturated heterocycles. The predicted octanol–water partition coefficient (Wildman–Crippen LogP) is 2.35. The second-order valence-corrected chi connectivity index (χ2v) is 11.6. The smallest absolute Gasteiger partial charge is 0.407 e. The Balaban J connectivity index is 2.75. The standard InChI is InChI=1S/C13H28N2O3Si/c1-10(18-19(5,6)13(2,3)4)11-9-14-7-8-15(11)12(16)17/h10-11,14H,7-9H2,1-6H3,(H,16,17)/t10?,11-/m1/s1. The molecule has 5 nitrogen and oxygen atoms in total. The van der Waals surface area contributed by atoms with E-state index in [0.717, 1.165) is 6.54 Å². The topological polar surface area (TPSA) is 61.8 Å². The van der Waals surface area contributed by atoms with E-state index in [0.29, 0.717) is 13.1 Å². The predicted molar refractivity (Wildman–Crippen MR) is 79.1 cm³/mol. The summed E-state index contributed by atoms with van der Waals surface area (Å²) in [5.41, 5.74) is 0. The minimum Gasteiger partial charge on any atom is -0.465 e. The van der Waals surface area contributed by atoms with Gasteiger partial charge in [-0.1, -0.05) is 20.8 Å². The van der Waals surface area contributed by atoms with E-state index < -0.39 is 14.4 Å². The number of amides is 1. The number of nitrogens with one attached hydrogen (secondary N) is 1. The summed E-state index contributed by atoms with van der Waals surface area (Å²) in [5, 5.41) is 12.7. The first-order valence-electron chi connectivity index (χ1n) is 6.94. The summed E-state index contributed by atoms with van der Waals surface area (Å²) in [4.78, 5) is 12.8. The highest BCUT2D eigenvalue weighted by atomic mass is 28.4. The molecule has 0 aromatic rings. The highest BCUT2D eigenvalue weighted by Crippen LogP contribution is 2.37. The maximum Gasteiger partial charge on any atom is 0.407 e. The zero-order valence-corrected chi connectivity index (χ0v) is 14.0. The maximum atomic E-state index is 11.3. The number of nitrogens with zero attached hydrogens (tertiary/aromatic N) is 1. The van der Waals surface area contributed by atoms with Gasteiger partial charge in [0.1, 0.15) is 0 Å². The van der Waals surface area contributed by atoms with Crippen molar-refractivity contribution < 1.29 is 14.3 Å². The minimum absolute atomic E-state index is 0.0789. The van der Waals surface area contributed by atoms with Crippen molar-refractivity contribution in [3.63, 3.8) is 0 Å². The molecule has 19 heavy (non-hydrogen) atoms. The Bertz CT molecular complexity index is 328. The fraction of sp³-hybridized carbons (Fsp3) is 0.923. The van der Waals surface area contributed by atoms with E-state index in [1.165, 1.54) is 4.90 Å². The zero-order valence-electron chi connectivity index (χ0n) is 13.0. The fourth-order valence-electron chi connectivity index (χ4n) is 2.10.